The number of anilines is 1. The van der Waals surface area contributed by atoms with Crippen LogP contribution in [0.25, 0.3) is 0 Å². The molecule has 5 aliphatic rings. The number of nitrogens with zero attached hydrogens (tertiary/aromatic N) is 3. The number of carbonyl (C=O) groups excluding carboxylic acids is 2. The molecule has 3 aliphatic heterocycles. The van der Waals surface area contributed by atoms with Crippen LogP contribution < -0.4 is 14.4 Å². The van der Waals surface area contributed by atoms with Crippen molar-refractivity contribution in [3.63, 3.8) is 0 Å². The maximum Gasteiger partial charge on any atom is 0.303 e. The Kier molecular flexibility index (Phi) is 9.94. The first-order valence-corrected chi connectivity index (χ1v) is 19.9. The molecular weight excluding hydrogens is 692 g/mol. The first-order valence-electron chi connectivity index (χ1n) is 18.1. The quantitative estimate of drug-likeness (QED) is 0.445. The number of halogens is 1. The fourth-order valence-corrected chi connectivity index (χ4v) is 9.79. The SMILES string of the molecule is CO[C@H]1/C=C\C[C@@H]2CCCN2C(=O)C[C@](O)(C(=O)NS(=O)(=O)N(C)C)c2ccc3c(c2)N(C[C@@H]2CC[C@H]21)C[C@@]1(CCCc2cc(Cl)ccc21)CO3. The molecule has 2 aromatic carbocycles. The van der Waals surface area contributed by atoms with Gasteiger partial charge in [0.1, 0.15) is 5.75 Å². The molecule has 2 aliphatic carbocycles. The summed E-state index contributed by atoms with van der Waals surface area (Å²) in [7, 11) is 0.0604. The van der Waals surface area contributed by atoms with E-state index < -0.39 is 34.0 Å². The Hall–Kier alpha value is -3.16. The van der Waals surface area contributed by atoms with E-state index in [4.69, 9.17) is 21.1 Å². The molecule has 0 radical (unpaired) electrons. The molecule has 2 amide bonds. The molecular formula is C38H49ClN4O7S. The summed E-state index contributed by atoms with van der Waals surface area (Å²) in [5, 5.41) is 13.1. The standard InChI is InChI=1S/C38H49ClN4O7S/c1-41(2)51(47,48)40-36(45)38(46)21-35(44)43-18-6-9-29(43)8-4-10-33(49-3)30-14-11-26(30)22-42-23-37(24-50-34-16-12-27(38)20-32(34)42)17-5-7-25-19-28(39)13-15-31(25)37/h4,10,12-13,15-16,19-20,26,29-30,33,46H,5-9,11,14,17-18,21-24H2,1-3H3,(H,40,45)/b10-4-/t26-,29+,30+,33-,37-,38+/m0/s1. The first-order chi connectivity index (χ1) is 24.3. The first kappa shape index (κ1) is 36.2. The van der Waals surface area contributed by atoms with Gasteiger partial charge in [-0.25, -0.2) is 4.72 Å². The third-order valence-electron chi connectivity index (χ3n) is 12.1. The molecule has 2 fully saturated rings. The lowest BCUT2D eigenvalue weighted by Gasteiger charge is -2.46. The molecule has 0 aromatic heterocycles. The van der Waals surface area contributed by atoms with Crippen LogP contribution in [0.1, 0.15) is 68.1 Å². The second-order valence-corrected chi connectivity index (χ2v) is 17.6. The number of benzene rings is 2. The number of aryl methyl sites for hydroxylation is 1. The second-order valence-electron chi connectivity index (χ2n) is 15.3. The molecule has 3 heterocycles. The summed E-state index contributed by atoms with van der Waals surface area (Å²) in [6.45, 7) is 2.24. The molecule has 11 nitrogen and oxygen atoms in total. The summed E-state index contributed by atoms with van der Waals surface area (Å²) in [6.07, 6.45) is 10.7. The number of amides is 2. The van der Waals surface area contributed by atoms with Crippen molar-refractivity contribution in [3.05, 3.63) is 70.3 Å². The maximum absolute atomic E-state index is 14.1. The summed E-state index contributed by atoms with van der Waals surface area (Å²) in [6, 6.07) is 11.1. The van der Waals surface area contributed by atoms with Crippen LogP contribution in [0.3, 0.4) is 0 Å². The van der Waals surface area contributed by atoms with Crippen LogP contribution in [0.5, 0.6) is 5.75 Å². The molecule has 0 unspecified atom stereocenters. The van der Waals surface area contributed by atoms with Crippen molar-refractivity contribution in [2.45, 2.75) is 80.9 Å². The number of hydrogen-bond acceptors (Lipinski definition) is 8. The van der Waals surface area contributed by atoms with Crippen LogP contribution >= 0.6 is 11.6 Å². The lowest BCUT2D eigenvalue weighted by atomic mass is 9.68. The highest BCUT2D eigenvalue weighted by Crippen LogP contribution is 2.48. The topological polar surface area (TPSA) is 129 Å². The summed E-state index contributed by atoms with van der Waals surface area (Å²) in [4.78, 5) is 32.1. The second kappa shape index (κ2) is 14.0. The highest BCUT2D eigenvalue weighted by Gasteiger charge is 2.48. The van der Waals surface area contributed by atoms with Gasteiger partial charge in [0, 0.05) is 57.3 Å². The molecule has 2 aromatic rings. The van der Waals surface area contributed by atoms with Crippen LogP contribution in [0, 0.1) is 11.8 Å². The molecule has 6 atom stereocenters. The van der Waals surface area contributed by atoms with Crippen LogP contribution in [0.2, 0.25) is 5.02 Å². The van der Waals surface area contributed by atoms with E-state index in [1.165, 1.54) is 25.2 Å². The van der Waals surface area contributed by atoms with E-state index in [-0.39, 0.29) is 23.1 Å². The summed E-state index contributed by atoms with van der Waals surface area (Å²) in [5.74, 6) is -0.391. The fourth-order valence-electron chi connectivity index (χ4n) is 9.01. The lowest BCUT2D eigenvalue weighted by Crippen LogP contribution is -2.52. The zero-order valence-electron chi connectivity index (χ0n) is 29.6. The van der Waals surface area contributed by atoms with Gasteiger partial charge in [0.05, 0.1) is 24.8 Å². The number of nitrogens with one attached hydrogen (secondary N) is 1. The Morgan fingerprint density at radius 1 is 1.14 bits per heavy atom. The fraction of sp³-hybridized carbons (Fsp3) is 0.579. The van der Waals surface area contributed by atoms with Crippen LogP contribution in [-0.2, 0) is 42.0 Å². The number of ether oxygens (including phenoxy) is 2. The van der Waals surface area contributed by atoms with E-state index in [0.29, 0.717) is 61.0 Å². The largest absolute Gasteiger partial charge is 0.490 e. The Morgan fingerprint density at radius 2 is 1.96 bits per heavy atom. The highest BCUT2D eigenvalue weighted by molar-refractivity contribution is 7.87. The van der Waals surface area contributed by atoms with Crippen molar-refractivity contribution in [2.24, 2.45) is 11.8 Å². The van der Waals surface area contributed by atoms with Crippen LogP contribution in [-0.4, -0.2) is 94.1 Å². The average molecular weight is 741 g/mol. The number of hydrogen-bond donors (Lipinski definition) is 2. The van der Waals surface area contributed by atoms with Gasteiger partial charge in [-0.05, 0) is 104 Å². The van der Waals surface area contributed by atoms with Gasteiger partial charge in [0.15, 0.2) is 5.60 Å². The monoisotopic (exact) mass is 740 g/mol. The number of fused-ring (bicyclic) bond motifs is 5. The molecule has 1 saturated heterocycles. The molecule has 2 bridgehead atoms. The van der Waals surface area contributed by atoms with Crippen molar-refractivity contribution in [2.75, 3.05) is 52.3 Å². The third kappa shape index (κ3) is 6.78. The Morgan fingerprint density at radius 3 is 2.71 bits per heavy atom. The number of rotatable bonds is 4. The summed E-state index contributed by atoms with van der Waals surface area (Å²) < 4.78 is 41.4. The van der Waals surface area contributed by atoms with Gasteiger partial charge >= 0.3 is 10.2 Å². The van der Waals surface area contributed by atoms with Gasteiger partial charge < -0.3 is 24.4 Å². The summed E-state index contributed by atoms with van der Waals surface area (Å²) >= 11 is 6.46. The lowest BCUT2D eigenvalue weighted by molar-refractivity contribution is -0.149. The summed E-state index contributed by atoms with van der Waals surface area (Å²) in [5.41, 5.74) is 0.434. The number of methoxy groups -OCH3 is 1. The minimum atomic E-state index is -4.28. The number of carbonyl (C=O) groups is 2. The van der Waals surface area contributed by atoms with Crippen molar-refractivity contribution in [3.8, 4) is 5.75 Å². The van der Waals surface area contributed by atoms with E-state index in [0.717, 1.165) is 49.3 Å². The van der Waals surface area contributed by atoms with E-state index in [1.54, 1.807) is 30.2 Å². The van der Waals surface area contributed by atoms with E-state index >= 15 is 0 Å². The van der Waals surface area contributed by atoms with Gasteiger partial charge in [0.25, 0.3) is 5.91 Å². The van der Waals surface area contributed by atoms with Crippen molar-refractivity contribution >= 4 is 39.3 Å². The van der Waals surface area contributed by atoms with E-state index in [1.807, 2.05) is 10.8 Å². The highest BCUT2D eigenvalue weighted by atomic mass is 35.5. The van der Waals surface area contributed by atoms with Gasteiger partial charge in [-0.1, -0.05) is 35.9 Å². The molecule has 13 heteroatoms. The predicted octanol–water partition coefficient (Wildman–Crippen LogP) is 4.31. The normalized spacial score (nSPS) is 31.5. The smallest absolute Gasteiger partial charge is 0.303 e. The molecule has 51 heavy (non-hydrogen) atoms. The minimum Gasteiger partial charge on any atom is -0.490 e. The Balaban J connectivity index is 1.36. The number of aliphatic hydroxyl groups is 1. The van der Waals surface area contributed by atoms with Crippen molar-refractivity contribution in [1.29, 1.82) is 0 Å². The molecule has 1 saturated carbocycles. The van der Waals surface area contributed by atoms with Gasteiger partial charge in [-0.3, -0.25) is 9.59 Å². The van der Waals surface area contributed by atoms with Gasteiger partial charge in [-0.2, -0.15) is 12.7 Å². The Labute approximate surface area is 306 Å². The van der Waals surface area contributed by atoms with E-state index in [2.05, 4.69) is 29.2 Å². The molecule has 276 valence electrons. The van der Waals surface area contributed by atoms with Crippen LogP contribution in [0.4, 0.5) is 5.69 Å². The maximum atomic E-state index is 14.1. The zero-order chi connectivity index (χ0) is 36.1. The molecule has 7 rings (SSSR count). The molecule has 2 N–H and O–H groups in total. The predicted molar refractivity (Wildman–Crippen MR) is 195 cm³/mol. The van der Waals surface area contributed by atoms with Gasteiger partial charge in [-0.15, -0.1) is 0 Å². The van der Waals surface area contributed by atoms with Crippen molar-refractivity contribution in [1.82, 2.24) is 13.9 Å². The van der Waals surface area contributed by atoms with Crippen molar-refractivity contribution < 1.29 is 32.6 Å². The Bertz CT molecular complexity index is 1820. The minimum absolute atomic E-state index is 0.0600. The molecule has 1 spiro atoms. The third-order valence-corrected chi connectivity index (χ3v) is 13.7. The zero-order valence-corrected chi connectivity index (χ0v) is 31.2. The van der Waals surface area contributed by atoms with Crippen LogP contribution in [0.15, 0.2) is 48.6 Å². The van der Waals surface area contributed by atoms with E-state index in [9.17, 15) is 23.1 Å². The van der Waals surface area contributed by atoms with Gasteiger partial charge in [0.2, 0.25) is 5.91 Å². The average Bonchev–Trinajstić information content (AvgIpc) is 3.50.